The number of rotatable bonds is 4. The zero-order valence-corrected chi connectivity index (χ0v) is 9.81. The summed E-state index contributed by atoms with van der Waals surface area (Å²) >= 11 is 5.53. The molecule has 0 N–H and O–H groups in total. The van der Waals surface area contributed by atoms with Gasteiger partial charge in [-0.3, -0.25) is 0 Å². The second-order valence-corrected chi connectivity index (χ2v) is 4.44. The topological polar surface area (TPSA) is 9.23 Å². The Morgan fingerprint density at radius 3 is 2.53 bits per heavy atom. The van der Waals surface area contributed by atoms with Crippen LogP contribution in [0.3, 0.4) is 0 Å². The van der Waals surface area contributed by atoms with Crippen molar-refractivity contribution in [3.8, 4) is 5.75 Å². The first-order chi connectivity index (χ1) is 8.02. The largest absolute Gasteiger partial charge is 0.493 e. The van der Waals surface area contributed by atoms with Gasteiger partial charge in [0.15, 0.2) is 0 Å². The molecular weight excluding hydrogens is 253 g/mol. The third-order valence-electron chi connectivity index (χ3n) is 2.71. The number of hydrogen-bond acceptors (Lipinski definition) is 1. The first-order valence-corrected chi connectivity index (χ1v) is 5.93. The quantitative estimate of drug-likeness (QED) is 0.740. The van der Waals surface area contributed by atoms with E-state index in [2.05, 4.69) is 0 Å². The normalized spacial score (nSPS) is 16.0. The lowest BCUT2D eigenvalue weighted by atomic mass is 10.1. The van der Waals surface area contributed by atoms with Gasteiger partial charge in [0.05, 0.1) is 6.61 Å². The molecule has 5 heteroatoms. The summed E-state index contributed by atoms with van der Waals surface area (Å²) in [5, 5.41) is 0. The van der Waals surface area contributed by atoms with Gasteiger partial charge in [0.2, 0.25) is 0 Å². The van der Waals surface area contributed by atoms with Crippen LogP contribution in [-0.2, 0) is 12.1 Å². The Balaban J connectivity index is 2.28. The van der Waals surface area contributed by atoms with Gasteiger partial charge in [-0.25, -0.2) is 0 Å². The van der Waals surface area contributed by atoms with E-state index in [4.69, 9.17) is 16.3 Å². The van der Waals surface area contributed by atoms with Gasteiger partial charge in [0, 0.05) is 5.88 Å². The van der Waals surface area contributed by atoms with Crippen molar-refractivity contribution in [1.29, 1.82) is 0 Å². The van der Waals surface area contributed by atoms with Gasteiger partial charge in [-0.1, -0.05) is 12.1 Å². The molecule has 0 aliphatic heterocycles. The van der Waals surface area contributed by atoms with E-state index in [-0.39, 0.29) is 17.2 Å². The molecule has 0 radical (unpaired) electrons. The molecule has 0 atom stereocenters. The van der Waals surface area contributed by atoms with Crippen molar-refractivity contribution in [2.45, 2.75) is 24.9 Å². The molecular formula is C12H12ClF3O. The Hall–Kier alpha value is -0.900. The van der Waals surface area contributed by atoms with Gasteiger partial charge >= 0.3 is 6.18 Å². The van der Waals surface area contributed by atoms with Crippen LogP contribution in [-0.4, -0.2) is 6.61 Å². The lowest BCUT2D eigenvalue weighted by Gasteiger charge is -2.16. The third kappa shape index (κ3) is 3.06. The van der Waals surface area contributed by atoms with Crippen LogP contribution in [0.15, 0.2) is 18.2 Å². The Morgan fingerprint density at radius 1 is 1.29 bits per heavy atom. The van der Waals surface area contributed by atoms with Gasteiger partial charge < -0.3 is 4.74 Å². The van der Waals surface area contributed by atoms with Crippen molar-refractivity contribution >= 4 is 11.6 Å². The maximum absolute atomic E-state index is 12.9. The van der Waals surface area contributed by atoms with E-state index in [1.165, 1.54) is 18.2 Å². The standard InChI is InChI=1S/C12H12ClF3O/c13-6-9-2-1-3-10(11(9)12(14,15)16)17-7-8-4-5-8/h1-3,8H,4-7H2. The zero-order chi connectivity index (χ0) is 12.5. The van der Waals surface area contributed by atoms with Crippen molar-refractivity contribution < 1.29 is 17.9 Å². The molecule has 1 nitrogen and oxygen atoms in total. The Labute approximate surface area is 103 Å². The van der Waals surface area contributed by atoms with E-state index >= 15 is 0 Å². The van der Waals surface area contributed by atoms with Gasteiger partial charge in [-0.05, 0) is 30.4 Å². The summed E-state index contributed by atoms with van der Waals surface area (Å²) in [5.41, 5.74) is -0.678. The maximum Gasteiger partial charge on any atom is 0.420 e. The Kier molecular flexibility index (Phi) is 3.52. The highest BCUT2D eigenvalue weighted by molar-refractivity contribution is 6.17. The molecule has 1 saturated carbocycles. The molecule has 1 aliphatic rings. The molecule has 94 valence electrons. The Bertz CT molecular complexity index is 399. The van der Waals surface area contributed by atoms with Gasteiger partial charge in [0.1, 0.15) is 11.3 Å². The maximum atomic E-state index is 12.9. The fourth-order valence-electron chi connectivity index (χ4n) is 1.62. The van der Waals surface area contributed by atoms with Gasteiger partial charge in [-0.2, -0.15) is 13.2 Å². The predicted molar refractivity (Wildman–Crippen MR) is 59.2 cm³/mol. The van der Waals surface area contributed by atoms with Gasteiger partial charge in [-0.15, -0.1) is 11.6 Å². The highest BCUT2D eigenvalue weighted by Gasteiger charge is 2.37. The fraction of sp³-hybridized carbons (Fsp3) is 0.500. The lowest BCUT2D eigenvalue weighted by molar-refractivity contribution is -0.139. The van der Waals surface area contributed by atoms with Crippen LogP contribution in [0.5, 0.6) is 5.75 Å². The van der Waals surface area contributed by atoms with E-state index in [0.29, 0.717) is 12.5 Å². The van der Waals surface area contributed by atoms with Crippen molar-refractivity contribution in [2.24, 2.45) is 5.92 Å². The molecule has 17 heavy (non-hydrogen) atoms. The van der Waals surface area contributed by atoms with E-state index in [1.807, 2.05) is 0 Å². The summed E-state index contributed by atoms with van der Waals surface area (Å²) in [5.74, 6) is 0.133. The number of hydrogen-bond donors (Lipinski definition) is 0. The van der Waals surface area contributed by atoms with E-state index in [9.17, 15) is 13.2 Å². The second kappa shape index (κ2) is 4.77. The van der Waals surface area contributed by atoms with Crippen LogP contribution in [0.4, 0.5) is 13.2 Å². The van der Waals surface area contributed by atoms with Crippen LogP contribution in [0.1, 0.15) is 24.0 Å². The highest BCUT2D eigenvalue weighted by Crippen LogP contribution is 2.40. The highest BCUT2D eigenvalue weighted by atomic mass is 35.5. The minimum Gasteiger partial charge on any atom is -0.493 e. The van der Waals surface area contributed by atoms with Crippen LogP contribution in [0.2, 0.25) is 0 Å². The summed E-state index contributed by atoms with van der Waals surface area (Å²) in [6.07, 6.45) is -2.35. The smallest absolute Gasteiger partial charge is 0.420 e. The van der Waals surface area contributed by atoms with E-state index in [0.717, 1.165) is 12.8 Å². The summed E-state index contributed by atoms with van der Waals surface area (Å²) < 4.78 is 43.9. The molecule has 0 aromatic heterocycles. The minimum absolute atomic E-state index is 0.0625. The zero-order valence-electron chi connectivity index (χ0n) is 9.06. The lowest BCUT2D eigenvalue weighted by Crippen LogP contribution is -2.12. The molecule has 1 aromatic carbocycles. The summed E-state index contributed by atoms with van der Waals surface area (Å²) in [4.78, 5) is 0. The predicted octanol–water partition coefficient (Wildman–Crippen LogP) is 4.23. The number of alkyl halides is 4. The van der Waals surface area contributed by atoms with Crippen molar-refractivity contribution in [3.63, 3.8) is 0 Å². The fourth-order valence-corrected chi connectivity index (χ4v) is 1.84. The first-order valence-electron chi connectivity index (χ1n) is 5.40. The molecule has 0 amide bonds. The van der Waals surface area contributed by atoms with Gasteiger partial charge in [0.25, 0.3) is 0 Å². The van der Waals surface area contributed by atoms with E-state index < -0.39 is 11.7 Å². The average molecular weight is 265 g/mol. The SMILES string of the molecule is FC(F)(F)c1c(CCl)cccc1OCC1CC1. The summed E-state index contributed by atoms with van der Waals surface area (Å²) in [6.45, 7) is 0.356. The Morgan fingerprint density at radius 2 is 2.00 bits per heavy atom. The van der Waals surface area contributed by atoms with Crippen molar-refractivity contribution in [1.82, 2.24) is 0 Å². The average Bonchev–Trinajstić information content (AvgIpc) is 3.08. The van der Waals surface area contributed by atoms with Crippen LogP contribution >= 0.6 is 11.6 Å². The third-order valence-corrected chi connectivity index (χ3v) is 3.00. The summed E-state index contributed by atoms with van der Waals surface area (Å²) in [6, 6.07) is 4.26. The molecule has 1 aromatic rings. The number of ether oxygens (including phenoxy) is 1. The molecule has 0 spiro atoms. The van der Waals surface area contributed by atoms with Crippen LogP contribution in [0, 0.1) is 5.92 Å². The number of benzene rings is 1. The molecule has 0 heterocycles. The molecule has 2 rings (SSSR count). The summed E-state index contributed by atoms with van der Waals surface area (Å²) in [7, 11) is 0. The second-order valence-electron chi connectivity index (χ2n) is 4.18. The first kappa shape index (κ1) is 12.6. The van der Waals surface area contributed by atoms with Crippen molar-refractivity contribution in [3.05, 3.63) is 29.3 Å². The molecule has 0 bridgehead atoms. The minimum atomic E-state index is -4.43. The van der Waals surface area contributed by atoms with Crippen LogP contribution < -0.4 is 4.74 Å². The molecule has 1 aliphatic carbocycles. The number of halogens is 4. The van der Waals surface area contributed by atoms with E-state index in [1.54, 1.807) is 0 Å². The molecule has 0 unspecified atom stereocenters. The monoisotopic (exact) mass is 264 g/mol. The van der Waals surface area contributed by atoms with Crippen LogP contribution in [0.25, 0.3) is 0 Å². The molecule has 0 saturated heterocycles. The molecule has 1 fully saturated rings. The van der Waals surface area contributed by atoms with Crippen molar-refractivity contribution in [2.75, 3.05) is 6.61 Å².